The maximum Gasteiger partial charge on any atom is 0.228 e. The van der Waals surface area contributed by atoms with Gasteiger partial charge in [0.25, 0.3) is 0 Å². The van der Waals surface area contributed by atoms with Crippen LogP contribution in [-0.2, 0) is 9.59 Å². The minimum Gasteiger partial charge on any atom is -0.550 e. The molecule has 1 N–H and O–H groups in total. The number of carboxylic acid groups (broad SMARTS) is 1. The van der Waals surface area contributed by atoms with Crippen LogP contribution in [-0.4, -0.2) is 11.9 Å². The van der Waals surface area contributed by atoms with Crippen LogP contribution in [0.1, 0.15) is 31.2 Å². The van der Waals surface area contributed by atoms with Gasteiger partial charge in [0, 0.05) is 28.5 Å². The summed E-state index contributed by atoms with van der Waals surface area (Å²) < 4.78 is 0. The average Bonchev–Trinajstić information content (AvgIpc) is 2.42. The Bertz CT molecular complexity index is 530. The third-order valence-corrected chi connectivity index (χ3v) is 4.10. The normalized spacial score (nSPS) is 22.3. The van der Waals surface area contributed by atoms with Crippen LogP contribution in [0.3, 0.4) is 0 Å². The summed E-state index contributed by atoms with van der Waals surface area (Å²) >= 11 is 5.91. The number of benzene rings is 1. The lowest BCUT2D eigenvalue weighted by Crippen LogP contribution is -2.42. The molecule has 2 atom stereocenters. The first-order valence-corrected chi connectivity index (χ1v) is 7.14. The predicted molar refractivity (Wildman–Crippen MR) is 75.3 cm³/mol. The first kappa shape index (κ1) is 14.9. The number of amides is 1. The number of carbonyl (C=O) groups is 2. The van der Waals surface area contributed by atoms with Crippen molar-refractivity contribution in [2.24, 2.45) is 11.8 Å². The predicted octanol–water partition coefficient (Wildman–Crippen LogP) is 2.14. The zero-order valence-corrected chi connectivity index (χ0v) is 12.1. The third kappa shape index (κ3) is 3.31. The van der Waals surface area contributed by atoms with E-state index in [2.05, 4.69) is 5.32 Å². The van der Waals surface area contributed by atoms with Crippen LogP contribution in [0.2, 0.25) is 5.02 Å². The summed E-state index contributed by atoms with van der Waals surface area (Å²) in [4.78, 5) is 23.4. The number of aliphatic carboxylic acids is 1. The van der Waals surface area contributed by atoms with Crippen LogP contribution < -0.4 is 10.4 Å². The van der Waals surface area contributed by atoms with Crippen molar-refractivity contribution in [2.45, 2.75) is 32.6 Å². The highest BCUT2D eigenvalue weighted by Gasteiger charge is 2.31. The number of hydrogen-bond donors (Lipinski definition) is 1. The summed E-state index contributed by atoms with van der Waals surface area (Å²) in [7, 11) is 0. The highest BCUT2D eigenvalue weighted by Crippen LogP contribution is 2.31. The highest BCUT2D eigenvalue weighted by molar-refractivity contribution is 6.31. The van der Waals surface area contributed by atoms with Crippen molar-refractivity contribution in [2.75, 3.05) is 5.32 Å². The van der Waals surface area contributed by atoms with Gasteiger partial charge in [-0.05, 0) is 37.5 Å². The minimum atomic E-state index is -1.13. The van der Waals surface area contributed by atoms with E-state index in [0.29, 0.717) is 23.6 Å². The molecule has 1 saturated carbocycles. The second-order valence-corrected chi connectivity index (χ2v) is 5.70. The lowest BCUT2D eigenvalue weighted by molar-refractivity contribution is -0.313. The first-order valence-electron chi connectivity index (χ1n) is 6.77. The van der Waals surface area contributed by atoms with E-state index in [1.54, 1.807) is 12.1 Å². The van der Waals surface area contributed by atoms with E-state index in [0.717, 1.165) is 18.4 Å². The fourth-order valence-electron chi connectivity index (χ4n) is 2.68. The molecule has 0 aromatic heterocycles. The van der Waals surface area contributed by atoms with Crippen LogP contribution >= 0.6 is 11.6 Å². The molecular formula is C15H17ClNO3-. The maximum atomic E-state index is 12.3. The van der Waals surface area contributed by atoms with Crippen molar-refractivity contribution in [3.63, 3.8) is 0 Å². The van der Waals surface area contributed by atoms with Crippen molar-refractivity contribution in [1.29, 1.82) is 0 Å². The van der Waals surface area contributed by atoms with Crippen molar-refractivity contribution < 1.29 is 14.7 Å². The molecule has 5 heteroatoms. The van der Waals surface area contributed by atoms with Gasteiger partial charge >= 0.3 is 0 Å². The van der Waals surface area contributed by atoms with Crippen molar-refractivity contribution >= 4 is 29.2 Å². The Hall–Kier alpha value is -1.55. The fourth-order valence-corrected chi connectivity index (χ4v) is 2.85. The van der Waals surface area contributed by atoms with Crippen LogP contribution in [0.25, 0.3) is 0 Å². The van der Waals surface area contributed by atoms with E-state index in [-0.39, 0.29) is 5.91 Å². The zero-order chi connectivity index (χ0) is 14.7. The van der Waals surface area contributed by atoms with Gasteiger partial charge in [-0.2, -0.15) is 0 Å². The van der Waals surface area contributed by atoms with Crippen molar-refractivity contribution in [3.05, 3.63) is 28.8 Å². The van der Waals surface area contributed by atoms with E-state index in [9.17, 15) is 14.7 Å². The molecule has 0 radical (unpaired) electrons. The van der Waals surface area contributed by atoms with Gasteiger partial charge < -0.3 is 15.2 Å². The molecule has 4 nitrogen and oxygen atoms in total. The summed E-state index contributed by atoms with van der Waals surface area (Å²) in [6.07, 6.45) is 2.80. The number of rotatable bonds is 3. The van der Waals surface area contributed by atoms with Gasteiger partial charge in [-0.1, -0.05) is 30.5 Å². The largest absolute Gasteiger partial charge is 0.550 e. The van der Waals surface area contributed by atoms with Gasteiger partial charge in [0.15, 0.2) is 0 Å². The minimum absolute atomic E-state index is 0.260. The molecule has 0 bridgehead atoms. The highest BCUT2D eigenvalue weighted by atomic mass is 35.5. The topological polar surface area (TPSA) is 69.2 Å². The van der Waals surface area contributed by atoms with E-state index in [1.165, 1.54) is 0 Å². The summed E-state index contributed by atoms with van der Waals surface area (Å²) in [5.41, 5.74) is 1.52. The summed E-state index contributed by atoms with van der Waals surface area (Å²) in [6.45, 7) is 1.86. The molecular weight excluding hydrogens is 278 g/mol. The first-order chi connectivity index (χ1) is 9.49. The van der Waals surface area contributed by atoms with E-state index >= 15 is 0 Å². The standard InChI is InChI=1S/C15H18ClNO3/c1-9-6-7-10(16)8-13(9)17-14(18)11-4-2-3-5-12(11)15(19)20/h6-8,11-12H,2-5H2,1H3,(H,17,18)(H,19,20)/p-1/t11-,12-/m0/s1. The van der Waals surface area contributed by atoms with Gasteiger partial charge in [-0.15, -0.1) is 0 Å². The molecule has 1 fully saturated rings. The molecule has 0 heterocycles. The maximum absolute atomic E-state index is 12.3. The molecule has 108 valence electrons. The van der Waals surface area contributed by atoms with Gasteiger partial charge in [0.1, 0.15) is 0 Å². The summed E-state index contributed by atoms with van der Waals surface area (Å²) in [5, 5.41) is 14.5. The average molecular weight is 295 g/mol. The summed E-state index contributed by atoms with van der Waals surface area (Å²) in [6, 6.07) is 5.23. The molecule has 1 amide bonds. The molecule has 0 saturated heterocycles. The molecule has 1 aliphatic rings. The van der Waals surface area contributed by atoms with Crippen molar-refractivity contribution in [3.8, 4) is 0 Å². The van der Waals surface area contributed by atoms with E-state index in [4.69, 9.17) is 11.6 Å². The zero-order valence-electron chi connectivity index (χ0n) is 11.3. The molecule has 2 rings (SSSR count). The monoisotopic (exact) mass is 294 g/mol. The number of carboxylic acids is 1. The Balaban J connectivity index is 2.14. The lowest BCUT2D eigenvalue weighted by atomic mass is 9.78. The van der Waals surface area contributed by atoms with Gasteiger partial charge in [0.2, 0.25) is 5.91 Å². The molecule has 1 aliphatic carbocycles. The van der Waals surface area contributed by atoms with E-state index in [1.807, 2.05) is 13.0 Å². The number of nitrogens with one attached hydrogen (secondary N) is 1. The fraction of sp³-hybridized carbons (Fsp3) is 0.467. The molecule has 0 spiro atoms. The number of halogens is 1. The molecule has 0 aliphatic heterocycles. The van der Waals surface area contributed by atoms with Crippen LogP contribution in [0, 0.1) is 18.8 Å². The second-order valence-electron chi connectivity index (χ2n) is 5.26. The van der Waals surface area contributed by atoms with Crippen LogP contribution in [0.15, 0.2) is 18.2 Å². The number of carbonyl (C=O) groups excluding carboxylic acids is 2. The third-order valence-electron chi connectivity index (χ3n) is 3.86. The SMILES string of the molecule is Cc1ccc(Cl)cc1NC(=O)[C@H]1CCCC[C@@H]1C(=O)[O-]. The van der Waals surface area contributed by atoms with E-state index < -0.39 is 17.8 Å². The van der Waals surface area contributed by atoms with Gasteiger partial charge in [-0.25, -0.2) is 0 Å². The Morgan fingerprint density at radius 1 is 1.25 bits per heavy atom. The Labute approximate surface area is 123 Å². The van der Waals surface area contributed by atoms with Crippen molar-refractivity contribution in [1.82, 2.24) is 0 Å². The second kappa shape index (κ2) is 6.27. The van der Waals surface area contributed by atoms with Crippen LogP contribution in [0.5, 0.6) is 0 Å². The van der Waals surface area contributed by atoms with Crippen LogP contribution in [0.4, 0.5) is 5.69 Å². The Morgan fingerprint density at radius 2 is 1.90 bits per heavy atom. The lowest BCUT2D eigenvalue weighted by Gasteiger charge is -2.31. The molecule has 1 aromatic carbocycles. The number of aryl methyl sites for hydroxylation is 1. The molecule has 1 aromatic rings. The molecule has 20 heavy (non-hydrogen) atoms. The molecule has 0 unspecified atom stereocenters. The van der Waals surface area contributed by atoms with Gasteiger partial charge in [-0.3, -0.25) is 4.79 Å². The quantitative estimate of drug-likeness (QED) is 0.928. The summed E-state index contributed by atoms with van der Waals surface area (Å²) in [5.74, 6) is -2.60. The smallest absolute Gasteiger partial charge is 0.228 e. The van der Waals surface area contributed by atoms with Gasteiger partial charge in [0.05, 0.1) is 0 Å². The Morgan fingerprint density at radius 3 is 2.55 bits per heavy atom. The number of hydrogen-bond acceptors (Lipinski definition) is 3. The Kier molecular flexibility index (Phi) is 4.65. The number of anilines is 1.